The molecule has 102 valence electrons. The maximum atomic E-state index is 2.52. The first-order valence-electron chi connectivity index (χ1n) is 7.91. The maximum absolute atomic E-state index is 2.52. The number of hydrogen-bond acceptors (Lipinski definition) is 0. The molecule has 1 fully saturated rings. The van der Waals surface area contributed by atoms with Gasteiger partial charge in [0.15, 0.2) is 0 Å². The molecule has 0 heterocycles. The van der Waals surface area contributed by atoms with Crippen molar-refractivity contribution in [2.75, 3.05) is 0 Å². The Kier molecular flexibility index (Phi) is 5.54. The number of hydrogen-bond donors (Lipinski definition) is 0. The first-order chi connectivity index (χ1) is 7.91. The Hall–Kier alpha value is 0. The van der Waals surface area contributed by atoms with Crippen LogP contribution in [0.25, 0.3) is 0 Å². The summed E-state index contributed by atoms with van der Waals surface area (Å²) >= 11 is 0. The monoisotopic (exact) mass is 238 g/mol. The van der Waals surface area contributed by atoms with E-state index in [2.05, 4.69) is 48.5 Å². The van der Waals surface area contributed by atoms with Crippen LogP contribution in [0.1, 0.15) is 67.7 Å². The molecular formula is C17H34. The lowest BCUT2D eigenvalue weighted by Crippen LogP contribution is -2.26. The Bertz CT molecular complexity index is 216. The van der Waals surface area contributed by atoms with Crippen LogP contribution in [0.3, 0.4) is 0 Å². The first kappa shape index (κ1) is 15.1. The van der Waals surface area contributed by atoms with E-state index in [1.54, 1.807) is 0 Å². The average Bonchev–Trinajstić information content (AvgIpc) is 2.49. The Morgan fingerprint density at radius 2 is 1.35 bits per heavy atom. The summed E-state index contributed by atoms with van der Waals surface area (Å²) in [7, 11) is 0. The summed E-state index contributed by atoms with van der Waals surface area (Å²) in [5, 5.41) is 0. The quantitative estimate of drug-likeness (QED) is 0.583. The largest absolute Gasteiger partial charge is 0.0654 e. The van der Waals surface area contributed by atoms with Crippen molar-refractivity contribution in [3.05, 3.63) is 0 Å². The summed E-state index contributed by atoms with van der Waals surface area (Å²) in [6.45, 7) is 17.1. The summed E-state index contributed by atoms with van der Waals surface area (Å²) in [6.07, 6.45) is 4.25. The highest BCUT2D eigenvalue weighted by atomic mass is 14.5. The van der Waals surface area contributed by atoms with Gasteiger partial charge in [-0.25, -0.2) is 0 Å². The Balaban J connectivity index is 2.87. The predicted molar refractivity (Wildman–Crippen MR) is 78.0 cm³/mol. The summed E-state index contributed by atoms with van der Waals surface area (Å²) in [5.41, 5.74) is 0. The Labute approximate surface area is 110 Å². The fourth-order valence-corrected chi connectivity index (χ4v) is 4.61. The standard InChI is InChI=1S/C17H34/c1-8-9-10-15-13(6)14(7)16(11(2)3)17(15)12(4)5/h11-17H,8-10H2,1-7H3. The SMILES string of the molecule is CCCCC1C(C)C(C)C(C(C)C)C1C(C)C. The average molecular weight is 238 g/mol. The highest BCUT2D eigenvalue weighted by Crippen LogP contribution is 2.53. The molecule has 1 rings (SSSR count). The molecule has 0 amide bonds. The molecule has 0 saturated heterocycles. The van der Waals surface area contributed by atoms with Crippen LogP contribution >= 0.6 is 0 Å². The van der Waals surface area contributed by atoms with Crippen LogP contribution in [-0.2, 0) is 0 Å². The molecule has 5 unspecified atom stereocenters. The Morgan fingerprint density at radius 1 is 0.824 bits per heavy atom. The lowest BCUT2D eigenvalue weighted by molar-refractivity contribution is 0.162. The van der Waals surface area contributed by atoms with Crippen LogP contribution in [0, 0.1) is 41.4 Å². The zero-order valence-corrected chi connectivity index (χ0v) is 13.2. The molecule has 0 aromatic carbocycles. The van der Waals surface area contributed by atoms with E-state index in [1.165, 1.54) is 19.3 Å². The molecule has 0 aliphatic heterocycles. The van der Waals surface area contributed by atoms with Gasteiger partial charge in [0.2, 0.25) is 0 Å². The number of rotatable bonds is 5. The summed E-state index contributed by atoms with van der Waals surface area (Å²) in [4.78, 5) is 0. The first-order valence-corrected chi connectivity index (χ1v) is 7.91. The van der Waals surface area contributed by atoms with Crippen molar-refractivity contribution in [1.82, 2.24) is 0 Å². The van der Waals surface area contributed by atoms with Crippen LogP contribution in [0.4, 0.5) is 0 Å². The minimum Gasteiger partial charge on any atom is -0.0654 e. The van der Waals surface area contributed by atoms with Gasteiger partial charge in [-0.05, 0) is 47.8 Å². The summed E-state index contributed by atoms with van der Waals surface area (Å²) in [5.74, 6) is 6.46. The van der Waals surface area contributed by atoms with E-state index in [0.717, 1.165) is 41.4 Å². The maximum Gasteiger partial charge on any atom is -0.0327 e. The van der Waals surface area contributed by atoms with Crippen LogP contribution in [-0.4, -0.2) is 0 Å². The van der Waals surface area contributed by atoms with Gasteiger partial charge in [-0.3, -0.25) is 0 Å². The highest BCUT2D eigenvalue weighted by Gasteiger charge is 2.47. The molecule has 0 heteroatoms. The van der Waals surface area contributed by atoms with Crippen LogP contribution in [0.15, 0.2) is 0 Å². The number of unbranched alkanes of at least 4 members (excludes halogenated alkanes) is 1. The van der Waals surface area contributed by atoms with Gasteiger partial charge in [-0.15, -0.1) is 0 Å². The van der Waals surface area contributed by atoms with Crippen molar-refractivity contribution >= 4 is 0 Å². The smallest absolute Gasteiger partial charge is 0.0327 e. The van der Waals surface area contributed by atoms with Crippen LogP contribution in [0.5, 0.6) is 0 Å². The van der Waals surface area contributed by atoms with Crippen molar-refractivity contribution in [3.8, 4) is 0 Å². The van der Waals surface area contributed by atoms with E-state index < -0.39 is 0 Å². The molecule has 0 aromatic heterocycles. The molecule has 5 atom stereocenters. The predicted octanol–water partition coefficient (Wildman–Crippen LogP) is 5.62. The summed E-state index contributed by atoms with van der Waals surface area (Å²) < 4.78 is 0. The third kappa shape index (κ3) is 3.06. The van der Waals surface area contributed by atoms with Gasteiger partial charge in [0, 0.05) is 0 Å². The second-order valence-corrected chi connectivity index (χ2v) is 7.17. The fraction of sp³-hybridized carbons (Fsp3) is 1.00. The van der Waals surface area contributed by atoms with E-state index in [4.69, 9.17) is 0 Å². The second-order valence-electron chi connectivity index (χ2n) is 7.17. The molecular weight excluding hydrogens is 204 g/mol. The Morgan fingerprint density at radius 3 is 1.76 bits per heavy atom. The fourth-order valence-electron chi connectivity index (χ4n) is 4.61. The third-order valence-electron chi connectivity index (χ3n) is 5.48. The molecule has 1 aliphatic rings. The van der Waals surface area contributed by atoms with Gasteiger partial charge in [-0.2, -0.15) is 0 Å². The summed E-state index contributed by atoms with van der Waals surface area (Å²) in [6, 6.07) is 0. The lowest BCUT2D eigenvalue weighted by atomic mass is 9.73. The molecule has 0 radical (unpaired) electrons. The van der Waals surface area contributed by atoms with Crippen molar-refractivity contribution in [3.63, 3.8) is 0 Å². The van der Waals surface area contributed by atoms with Crippen molar-refractivity contribution in [1.29, 1.82) is 0 Å². The molecule has 17 heavy (non-hydrogen) atoms. The highest BCUT2D eigenvalue weighted by molar-refractivity contribution is 4.95. The van der Waals surface area contributed by atoms with Gasteiger partial charge in [0.25, 0.3) is 0 Å². The van der Waals surface area contributed by atoms with E-state index in [1.807, 2.05) is 0 Å². The molecule has 1 saturated carbocycles. The van der Waals surface area contributed by atoms with Crippen LogP contribution in [0.2, 0.25) is 0 Å². The molecule has 0 bridgehead atoms. The topological polar surface area (TPSA) is 0 Å². The zero-order valence-electron chi connectivity index (χ0n) is 13.2. The van der Waals surface area contributed by atoms with Gasteiger partial charge in [0.05, 0.1) is 0 Å². The van der Waals surface area contributed by atoms with Crippen molar-refractivity contribution < 1.29 is 0 Å². The molecule has 0 nitrogen and oxygen atoms in total. The minimum absolute atomic E-state index is 0.853. The molecule has 0 spiro atoms. The molecule has 0 aromatic rings. The van der Waals surface area contributed by atoms with Crippen molar-refractivity contribution in [2.24, 2.45) is 41.4 Å². The van der Waals surface area contributed by atoms with Crippen molar-refractivity contribution in [2.45, 2.75) is 67.7 Å². The third-order valence-corrected chi connectivity index (χ3v) is 5.48. The van der Waals surface area contributed by atoms with E-state index >= 15 is 0 Å². The van der Waals surface area contributed by atoms with Gasteiger partial charge in [-0.1, -0.05) is 61.3 Å². The van der Waals surface area contributed by atoms with Crippen LogP contribution < -0.4 is 0 Å². The van der Waals surface area contributed by atoms with E-state index in [0.29, 0.717) is 0 Å². The van der Waals surface area contributed by atoms with Gasteiger partial charge < -0.3 is 0 Å². The molecule has 0 N–H and O–H groups in total. The van der Waals surface area contributed by atoms with E-state index in [-0.39, 0.29) is 0 Å². The van der Waals surface area contributed by atoms with Gasteiger partial charge in [0.1, 0.15) is 0 Å². The second kappa shape index (κ2) is 6.25. The molecule has 1 aliphatic carbocycles. The zero-order chi connectivity index (χ0) is 13.2. The minimum atomic E-state index is 0.853. The van der Waals surface area contributed by atoms with Gasteiger partial charge >= 0.3 is 0 Å². The normalized spacial score (nSPS) is 38.3. The van der Waals surface area contributed by atoms with E-state index in [9.17, 15) is 0 Å². The lowest BCUT2D eigenvalue weighted by Gasteiger charge is -2.32.